The normalized spacial score (nSPS) is 26.1. The highest BCUT2D eigenvalue weighted by atomic mass is 79.9. The Hall–Kier alpha value is -1.10. The highest BCUT2D eigenvalue weighted by molar-refractivity contribution is 9.09. The Morgan fingerprint density at radius 2 is 2.45 bits per heavy atom. The lowest BCUT2D eigenvalue weighted by Crippen LogP contribution is -2.52. The summed E-state index contributed by atoms with van der Waals surface area (Å²) in [5, 5.41) is 3.97. The van der Waals surface area contributed by atoms with Crippen molar-refractivity contribution >= 4 is 21.8 Å². The van der Waals surface area contributed by atoms with E-state index in [0.29, 0.717) is 17.4 Å². The van der Waals surface area contributed by atoms with Crippen LogP contribution in [0.15, 0.2) is 18.3 Å². The molecule has 1 N–H and O–H groups in total. The van der Waals surface area contributed by atoms with E-state index < -0.39 is 0 Å². The molecular weight excluding hydrogens is 320 g/mol. The molecule has 5 heteroatoms. The molecule has 2 atom stereocenters. The van der Waals surface area contributed by atoms with Crippen LogP contribution in [0.25, 0.3) is 0 Å². The highest BCUT2D eigenvalue weighted by Crippen LogP contribution is 2.34. The molecule has 0 saturated heterocycles. The van der Waals surface area contributed by atoms with Crippen molar-refractivity contribution in [2.24, 2.45) is 5.92 Å². The summed E-state index contributed by atoms with van der Waals surface area (Å²) in [5.74, 6) is 0.902. The smallest absolute Gasteiger partial charge is 0.257 e. The second kappa shape index (κ2) is 6.57. The number of methoxy groups -OCH3 is 1. The fraction of sp³-hybridized carbons (Fsp3) is 0.600. The third kappa shape index (κ3) is 3.32. The van der Waals surface area contributed by atoms with Gasteiger partial charge in [0.05, 0.1) is 12.6 Å². The summed E-state index contributed by atoms with van der Waals surface area (Å²) in [5.41, 5.74) is 0.337. The van der Waals surface area contributed by atoms with Gasteiger partial charge in [-0.1, -0.05) is 35.7 Å². The quantitative estimate of drug-likeness (QED) is 0.856. The van der Waals surface area contributed by atoms with E-state index in [-0.39, 0.29) is 11.4 Å². The SMILES string of the molecule is COc1ncccc1C(=O)NC1(CBr)CCCC(C)C1. The minimum atomic E-state index is -0.157. The van der Waals surface area contributed by atoms with Gasteiger partial charge in [-0.05, 0) is 30.9 Å². The molecule has 0 bridgehead atoms. The van der Waals surface area contributed by atoms with Crippen molar-refractivity contribution in [3.8, 4) is 5.88 Å². The number of aromatic nitrogens is 1. The van der Waals surface area contributed by atoms with Crippen LogP contribution < -0.4 is 10.1 Å². The summed E-state index contributed by atoms with van der Waals surface area (Å²) in [7, 11) is 1.53. The van der Waals surface area contributed by atoms with Gasteiger partial charge in [-0.25, -0.2) is 4.98 Å². The van der Waals surface area contributed by atoms with Crippen molar-refractivity contribution < 1.29 is 9.53 Å². The molecule has 1 fully saturated rings. The van der Waals surface area contributed by atoms with E-state index >= 15 is 0 Å². The molecule has 1 saturated carbocycles. The third-order valence-corrected chi connectivity index (χ3v) is 5.01. The number of rotatable bonds is 4. The van der Waals surface area contributed by atoms with E-state index in [1.807, 2.05) is 0 Å². The van der Waals surface area contributed by atoms with Crippen LogP contribution in [0, 0.1) is 5.92 Å². The van der Waals surface area contributed by atoms with Crippen LogP contribution in [0.3, 0.4) is 0 Å². The van der Waals surface area contributed by atoms with Crippen LogP contribution in [0.2, 0.25) is 0 Å². The molecule has 1 aliphatic carbocycles. The number of alkyl halides is 1. The lowest BCUT2D eigenvalue weighted by atomic mass is 9.77. The summed E-state index contributed by atoms with van der Waals surface area (Å²) in [4.78, 5) is 16.6. The molecule has 4 nitrogen and oxygen atoms in total. The number of nitrogens with zero attached hydrogens (tertiary/aromatic N) is 1. The van der Waals surface area contributed by atoms with Crippen molar-refractivity contribution in [2.75, 3.05) is 12.4 Å². The lowest BCUT2D eigenvalue weighted by molar-refractivity contribution is 0.0865. The average molecular weight is 341 g/mol. The summed E-state index contributed by atoms with van der Waals surface area (Å²) in [6, 6.07) is 3.50. The van der Waals surface area contributed by atoms with Crippen LogP contribution in [0.5, 0.6) is 5.88 Å². The Labute approximate surface area is 128 Å². The number of carbonyl (C=O) groups excluding carboxylic acids is 1. The first kappa shape index (κ1) is 15.3. The van der Waals surface area contributed by atoms with Gasteiger partial charge in [0.2, 0.25) is 5.88 Å². The second-order valence-electron chi connectivity index (χ2n) is 5.63. The minimum Gasteiger partial charge on any atom is -0.480 e. The first-order chi connectivity index (χ1) is 9.60. The highest BCUT2D eigenvalue weighted by Gasteiger charge is 2.36. The second-order valence-corrected chi connectivity index (χ2v) is 6.19. The van der Waals surface area contributed by atoms with Crippen LogP contribution in [-0.4, -0.2) is 28.9 Å². The topological polar surface area (TPSA) is 51.2 Å². The van der Waals surface area contributed by atoms with Crippen LogP contribution >= 0.6 is 15.9 Å². The molecular formula is C15H21BrN2O2. The zero-order valence-corrected chi connectivity index (χ0v) is 13.6. The van der Waals surface area contributed by atoms with E-state index in [1.54, 1.807) is 18.3 Å². The van der Waals surface area contributed by atoms with Crippen LogP contribution in [0.1, 0.15) is 43.0 Å². The predicted molar refractivity (Wildman–Crippen MR) is 82.4 cm³/mol. The van der Waals surface area contributed by atoms with Gasteiger partial charge in [0.1, 0.15) is 5.56 Å². The van der Waals surface area contributed by atoms with Crippen molar-refractivity contribution in [3.63, 3.8) is 0 Å². The maximum Gasteiger partial charge on any atom is 0.257 e. The van der Waals surface area contributed by atoms with E-state index in [2.05, 4.69) is 33.2 Å². The van der Waals surface area contributed by atoms with E-state index in [1.165, 1.54) is 13.5 Å². The minimum absolute atomic E-state index is 0.108. The molecule has 1 aromatic rings. The molecule has 20 heavy (non-hydrogen) atoms. The van der Waals surface area contributed by atoms with Gasteiger partial charge in [-0.2, -0.15) is 0 Å². The molecule has 0 radical (unpaired) electrons. The van der Waals surface area contributed by atoms with E-state index in [0.717, 1.165) is 24.6 Å². The fourth-order valence-corrected chi connectivity index (χ4v) is 3.61. The van der Waals surface area contributed by atoms with Gasteiger partial charge < -0.3 is 10.1 Å². The molecule has 1 amide bonds. The molecule has 0 spiro atoms. The Kier molecular flexibility index (Phi) is 5.02. The average Bonchev–Trinajstić information content (AvgIpc) is 2.47. The zero-order valence-electron chi connectivity index (χ0n) is 12.0. The number of halogens is 1. The Balaban J connectivity index is 2.17. The number of hydrogen-bond acceptors (Lipinski definition) is 3. The first-order valence-corrected chi connectivity index (χ1v) is 8.10. The van der Waals surface area contributed by atoms with Crippen LogP contribution in [-0.2, 0) is 0 Å². The Bertz CT molecular complexity index is 481. The van der Waals surface area contributed by atoms with Gasteiger partial charge in [-0.15, -0.1) is 0 Å². The lowest BCUT2D eigenvalue weighted by Gasteiger charge is -2.39. The summed E-state index contributed by atoms with van der Waals surface area (Å²) in [6.07, 6.45) is 6.03. The van der Waals surface area contributed by atoms with Gasteiger partial charge in [0.25, 0.3) is 5.91 Å². The fourth-order valence-electron chi connectivity index (χ4n) is 2.96. The maximum absolute atomic E-state index is 12.5. The summed E-state index contributed by atoms with van der Waals surface area (Å²) in [6.45, 7) is 2.24. The molecule has 2 unspecified atom stereocenters. The number of pyridine rings is 1. The van der Waals surface area contributed by atoms with Crippen molar-refractivity contribution in [3.05, 3.63) is 23.9 Å². The monoisotopic (exact) mass is 340 g/mol. The number of ether oxygens (including phenoxy) is 1. The van der Waals surface area contributed by atoms with Crippen molar-refractivity contribution in [2.45, 2.75) is 38.1 Å². The Morgan fingerprint density at radius 1 is 1.65 bits per heavy atom. The Morgan fingerprint density at radius 3 is 3.10 bits per heavy atom. The van der Waals surface area contributed by atoms with Gasteiger partial charge in [-0.3, -0.25) is 4.79 Å². The zero-order chi connectivity index (χ0) is 14.6. The van der Waals surface area contributed by atoms with Gasteiger partial charge in [0, 0.05) is 11.5 Å². The van der Waals surface area contributed by atoms with Gasteiger partial charge in [0.15, 0.2) is 0 Å². The molecule has 1 aromatic heterocycles. The number of hydrogen-bond donors (Lipinski definition) is 1. The maximum atomic E-state index is 12.5. The van der Waals surface area contributed by atoms with E-state index in [9.17, 15) is 4.79 Å². The third-order valence-electron chi connectivity index (χ3n) is 3.94. The predicted octanol–water partition coefficient (Wildman–Crippen LogP) is 3.16. The molecule has 2 rings (SSSR count). The number of carbonyl (C=O) groups is 1. The number of amides is 1. The van der Waals surface area contributed by atoms with Gasteiger partial charge >= 0.3 is 0 Å². The molecule has 1 heterocycles. The van der Waals surface area contributed by atoms with Crippen LogP contribution in [0.4, 0.5) is 0 Å². The largest absolute Gasteiger partial charge is 0.480 e. The molecule has 0 aliphatic heterocycles. The van der Waals surface area contributed by atoms with E-state index in [4.69, 9.17) is 4.74 Å². The van der Waals surface area contributed by atoms with Crippen molar-refractivity contribution in [1.29, 1.82) is 0 Å². The summed E-state index contributed by atoms with van der Waals surface area (Å²) >= 11 is 3.57. The standard InChI is InChI=1S/C15H21BrN2O2/c1-11-5-3-7-15(9-11,10-16)18-13(19)12-6-4-8-17-14(12)20-2/h4,6,8,11H,3,5,7,9-10H2,1-2H3,(H,18,19). The summed E-state index contributed by atoms with van der Waals surface area (Å²) < 4.78 is 5.16. The van der Waals surface area contributed by atoms with Crippen molar-refractivity contribution in [1.82, 2.24) is 10.3 Å². The molecule has 110 valence electrons. The first-order valence-electron chi connectivity index (χ1n) is 6.98. The molecule has 1 aliphatic rings. The number of nitrogens with one attached hydrogen (secondary N) is 1. The molecule has 0 aromatic carbocycles.